The molecule has 5 heteroatoms. The molecule has 0 aliphatic heterocycles. The molecule has 0 unspecified atom stereocenters. The first-order chi connectivity index (χ1) is 9.15. The Morgan fingerprint density at radius 1 is 1.21 bits per heavy atom. The fourth-order valence-electron chi connectivity index (χ4n) is 1.57. The summed E-state index contributed by atoms with van der Waals surface area (Å²) in [5, 5.41) is 14.8. The Morgan fingerprint density at radius 3 is 2.53 bits per heavy atom. The molecular weight excluding hydrogens is 244 g/mol. The van der Waals surface area contributed by atoms with Crippen LogP contribution < -0.4 is 5.56 Å². The zero-order valence-corrected chi connectivity index (χ0v) is 10.0. The number of rotatable bonds is 4. The number of aromatic nitrogens is 2. The van der Waals surface area contributed by atoms with Crippen molar-refractivity contribution < 1.29 is 9.90 Å². The Labute approximate surface area is 109 Å². The average Bonchev–Trinajstić information content (AvgIpc) is 2.40. The molecule has 19 heavy (non-hydrogen) atoms. The van der Waals surface area contributed by atoms with E-state index in [9.17, 15) is 9.59 Å². The number of nitrogens with one attached hydrogen (secondary N) is 1. The van der Waals surface area contributed by atoms with Crippen molar-refractivity contribution in [3.8, 4) is 11.3 Å². The van der Waals surface area contributed by atoms with Crippen LogP contribution in [0, 0.1) is 0 Å². The van der Waals surface area contributed by atoms with Gasteiger partial charge in [0.05, 0.1) is 12.1 Å². The molecule has 0 atom stereocenters. The number of H-pyrrole nitrogens is 1. The van der Waals surface area contributed by atoms with Gasteiger partial charge < -0.3 is 5.11 Å². The van der Waals surface area contributed by atoms with Gasteiger partial charge in [0.1, 0.15) is 0 Å². The van der Waals surface area contributed by atoms with Crippen LogP contribution in [0.4, 0.5) is 0 Å². The van der Waals surface area contributed by atoms with Crippen molar-refractivity contribution in [1.82, 2.24) is 10.2 Å². The first kappa shape index (κ1) is 12.8. The topological polar surface area (TPSA) is 83.0 Å². The molecule has 0 aliphatic rings. The van der Waals surface area contributed by atoms with E-state index in [0.717, 1.165) is 11.1 Å². The first-order valence-electron chi connectivity index (χ1n) is 5.69. The molecule has 0 radical (unpaired) electrons. The van der Waals surface area contributed by atoms with Gasteiger partial charge >= 0.3 is 5.97 Å². The molecule has 0 spiro atoms. The van der Waals surface area contributed by atoms with E-state index in [1.807, 2.05) is 24.3 Å². The SMILES string of the molecule is O=C(O)C/C=C/c1ccc(-c2ccc(=O)[nH]n2)cc1. The molecular formula is C14H12N2O3. The fourth-order valence-corrected chi connectivity index (χ4v) is 1.57. The van der Waals surface area contributed by atoms with Gasteiger partial charge in [-0.15, -0.1) is 0 Å². The summed E-state index contributed by atoms with van der Waals surface area (Å²) >= 11 is 0. The minimum absolute atomic E-state index is 0.00320. The number of aliphatic carboxylic acids is 1. The second-order valence-corrected chi connectivity index (χ2v) is 3.93. The van der Waals surface area contributed by atoms with E-state index in [1.54, 1.807) is 18.2 Å². The van der Waals surface area contributed by atoms with Gasteiger partial charge in [0, 0.05) is 11.6 Å². The number of benzene rings is 1. The summed E-state index contributed by atoms with van der Waals surface area (Å²) in [4.78, 5) is 21.3. The Morgan fingerprint density at radius 2 is 1.95 bits per heavy atom. The number of nitrogens with zero attached hydrogens (tertiary/aromatic N) is 1. The number of carboxylic acid groups (broad SMARTS) is 1. The first-order valence-corrected chi connectivity index (χ1v) is 5.69. The maximum atomic E-state index is 10.9. The molecule has 0 bridgehead atoms. The van der Waals surface area contributed by atoms with E-state index in [2.05, 4.69) is 10.2 Å². The van der Waals surface area contributed by atoms with Crippen molar-refractivity contribution in [2.45, 2.75) is 6.42 Å². The van der Waals surface area contributed by atoms with Crippen molar-refractivity contribution in [2.24, 2.45) is 0 Å². The molecule has 0 aliphatic carbocycles. The van der Waals surface area contributed by atoms with Crippen molar-refractivity contribution in [2.75, 3.05) is 0 Å². The molecule has 1 aromatic heterocycles. The second-order valence-electron chi connectivity index (χ2n) is 3.93. The van der Waals surface area contributed by atoms with Crippen molar-refractivity contribution in [3.05, 3.63) is 58.4 Å². The highest BCUT2D eigenvalue weighted by Gasteiger charge is 1.98. The van der Waals surface area contributed by atoms with Gasteiger partial charge in [-0.25, -0.2) is 5.10 Å². The zero-order valence-electron chi connectivity index (χ0n) is 10.0. The minimum Gasteiger partial charge on any atom is -0.481 e. The Bertz CT molecular complexity index is 637. The molecule has 2 N–H and O–H groups in total. The predicted octanol–water partition coefficient (Wildman–Crippen LogP) is 1.92. The number of carbonyl (C=O) groups is 1. The van der Waals surface area contributed by atoms with Gasteiger partial charge in [0.25, 0.3) is 5.56 Å². The van der Waals surface area contributed by atoms with Gasteiger partial charge in [-0.1, -0.05) is 36.4 Å². The van der Waals surface area contributed by atoms with Crippen molar-refractivity contribution in [3.63, 3.8) is 0 Å². The third kappa shape index (κ3) is 3.64. The lowest BCUT2D eigenvalue weighted by molar-refractivity contribution is -0.135. The van der Waals surface area contributed by atoms with Crippen LogP contribution in [0.2, 0.25) is 0 Å². The van der Waals surface area contributed by atoms with E-state index in [1.165, 1.54) is 6.07 Å². The maximum Gasteiger partial charge on any atom is 0.307 e. The van der Waals surface area contributed by atoms with Gasteiger partial charge in [0.15, 0.2) is 0 Å². The van der Waals surface area contributed by atoms with E-state index >= 15 is 0 Å². The molecule has 0 saturated carbocycles. The quantitative estimate of drug-likeness (QED) is 0.875. The van der Waals surface area contributed by atoms with Gasteiger partial charge in [-0.2, -0.15) is 5.10 Å². The lowest BCUT2D eigenvalue weighted by Crippen LogP contribution is -2.05. The largest absolute Gasteiger partial charge is 0.481 e. The lowest BCUT2D eigenvalue weighted by atomic mass is 10.1. The highest BCUT2D eigenvalue weighted by atomic mass is 16.4. The summed E-state index contributed by atoms with van der Waals surface area (Å²) in [7, 11) is 0. The summed E-state index contributed by atoms with van der Waals surface area (Å²) < 4.78 is 0. The predicted molar refractivity (Wildman–Crippen MR) is 71.6 cm³/mol. The maximum absolute atomic E-state index is 10.9. The monoisotopic (exact) mass is 256 g/mol. The summed E-state index contributed by atoms with van der Waals surface area (Å²) in [5.74, 6) is -0.856. The standard InChI is InChI=1S/C14H12N2O3/c17-13-9-8-12(15-16-13)11-6-4-10(5-7-11)2-1-3-14(18)19/h1-2,4-9H,3H2,(H,16,17)(H,18,19)/b2-1+. The van der Waals surface area contributed by atoms with E-state index in [0.29, 0.717) is 5.69 Å². The summed E-state index contributed by atoms with van der Waals surface area (Å²) in [6.45, 7) is 0. The van der Waals surface area contributed by atoms with Gasteiger partial charge in [-0.05, 0) is 11.6 Å². The lowest BCUT2D eigenvalue weighted by Gasteiger charge is -2.00. The zero-order chi connectivity index (χ0) is 13.7. The molecule has 1 aromatic carbocycles. The van der Waals surface area contributed by atoms with Gasteiger partial charge in [-0.3, -0.25) is 9.59 Å². The van der Waals surface area contributed by atoms with Crippen LogP contribution in [-0.4, -0.2) is 21.3 Å². The highest BCUT2D eigenvalue weighted by Crippen LogP contribution is 2.16. The Balaban J connectivity index is 2.14. The highest BCUT2D eigenvalue weighted by molar-refractivity contribution is 5.70. The molecule has 96 valence electrons. The smallest absolute Gasteiger partial charge is 0.307 e. The average molecular weight is 256 g/mol. The van der Waals surface area contributed by atoms with E-state index in [4.69, 9.17) is 5.11 Å². The van der Waals surface area contributed by atoms with Crippen molar-refractivity contribution in [1.29, 1.82) is 0 Å². The van der Waals surface area contributed by atoms with E-state index < -0.39 is 5.97 Å². The third-order valence-electron chi connectivity index (χ3n) is 2.49. The molecule has 0 saturated heterocycles. The summed E-state index contributed by atoms with van der Waals surface area (Å²) in [6, 6.07) is 10.5. The molecule has 0 amide bonds. The fraction of sp³-hybridized carbons (Fsp3) is 0.0714. The normalized spacial score (nSPS) is 10.7. The Hall–Kier alpha value is -2.69. The second kappa shape index (κ2) is 5.77. The Kier molecular flexibility index (Phi) is 3.87. The van der Waals surface area contributed by atoms with Gasteiger partial charge in [0.2, 0.25) is 0 Å². The van der Waals surface area contributed by atoms with E-state index in [-0.39, 0.29) is 12.0 Å². The van der Waals surface area contributed by atoms with Crippen LogP contribution in [0.3, 0.4) is 0 Å². The number of aromatic amines is 1. The number of hydrogen-bond acceptors (Lipinski definition) is 3. The number of carboxylic acids is 1. The third-order valence-corrected chi connectivity index (χ3v) is 2.49. The van der Waals surface area contributed by atoms with Crippen molar-refractivity contribution >= 4 is 12.0 Å². The van der Waals surface area contributed by atoms with Crippen LogP contribution in [0.25, 0.3) is 17.3 Å². The summed E-state index contributed by atoms with van der Waals surface area (Å²) in [6.07, 6.45) is 3.34. The van der Waals surface area contributed by atoms with Crippen LogP contribution in [0.15, 0.2) is 47.3 Å². The molecule has 2 rings (SSSR count). The van der Waals surface area contributed by atoms with Crippen LogP contribution in [0.5, 0.6) is 0 Å². The molecule has 1 heterocycles. The molecule has 0 fully saturated rings. The molecule has 2 aromatic rings. The molecule has 5 nitrogen and oxygen atoms in total. The van der Waals surface area contributed by atoms with Crippen LogP contribution in [-0.2, 0) is 4.79 Å². The number of hydrogen-bond donors (Lipinski definition) is 2. The van der Waals surface area contributed by atoms with Crippen LogP contribution in [0.1, 0.15) is 12.0 Å². The minimum atomic E-state index is -0.856. The summed E-state index contributed by atoms with van der Waals surface area (Å²) in [5.41, 5.74) is 2.23. The van der Waals surface area contributed by atoms with Crippen LogP contribution >= 0.6 is 0 Å².